The van der Waals surface area contributed by atoms with E-state index in [1.807, 2.05) is 13.0 Å². The average Bonchev–Trinajstić information content (AvgIpc) is 2.84. The smallest absolute Gasteiger partial charge is 0.0708 e. The second-order valence-electron chi connectivity index (χ2n) is 5.90. The first-order valence-electron chi connectivity index (χ1n) is 7.46. The van der Waals surface area contributed by atoms with Crippen LogP contribution < -0.4 is 5.32 Å². The van der Waals surface area contributed by atoms with Gasteiger partial charge in [-0.05, 0) is 56.3 Å². The Hall–Kier alpha value is -1.45. The van der Waals surface area contributed by atoms with Gasteiger partial charge in [-0.2, -0.15) is 0 Å². The first kappa shape index (κ1) is 13.5. The Balaban J connectivity index is 1.68. The van der Waals surface area contributed by atoms with E-state index in [0.717, 1.165) is 43.6 Å². The highest BCUT2D eigenvalue weighted by atomic mass is 16.3. The number of nitrogens with one attached hydrogen (secondary N) is 1. The highest BCUT2D eigenvalue weighted by molar-refractivity contribution is 5.82. The molecule has 1 fully saturated rings. The van der Waals surface area contributed by atoms with Gasteiger partial charge in [0.05, 0.1) is 11.6 Å². The van der Waals surface area contributed by atoms with E-state index in [-0.39, 0.29) is 6.10 Å². The summed E-state index contributed by atoms with van der Waals surface area (Å²) in [7, 11) is 0. The predicted molar refractivity (Wildman–Crippen MR) is 81.5 cm³/mol. The van der Waals surface area contributed by atoms with E-state index in [0.29, 0.717) is 5.92 Å². The molecule has 0 saturated heterocycles. The van der Waals surface area contributed by atoms with Crippen molar-refractivity contribution in [1.29, 1.82) is 0 Å². The number of pyridine rings is 1. The van der Waals surface area contributed by atoms with Crippen LogP contribution in [0.15, 0.2) is 30.3 Å². The van der Waals surface area contributed by atoms with Crippen LogP contribution in [0.3, 0.4) is 0 Å². The number of hydrogen-bond donors (Lipinski definition) is 2. The zero-order chi connectivity index (χ0) is 13.9. The fraction of sp³-hybridized carbons (Fsp3) is 0.471. The van der Waals surface area contributed by atoms with E-state index >= 15 is 0 Å². The Labute approximate surface area is 120 Å². The second kappa shape index (κ2) is 5.90. The van der Waals surface area contributed by atoms with Crippen LogP contribution in [0.25, 0.3) is 10.9 Å². The minimum atomic E-state index is -0.0780. The maximum Gasteiger partial charge on any atom is 0.0708 e. The van der Waals surface area contributed by atoms with E-state index < -0.39 is 0 Å². The van der Waals surface area contributed by atoms with Crippen molar-refractivity contribution in [2.45, 2.75) is 38.8 Å². The lowest BCUT2D eigenvalue weighted by molar-refractivity contribution is 0.177. The molecule has 3 rings (SSSR count). The molecule has 1 aromatic carbocycles. The Morgan fingerprint density at radius 1 is 1.30 bits per heavy atom. The first-order valence-corrected chi connectivity index (χ1v) is 7.46. The summed E-state index contributed by atoms with van der Waals surface area (Å²) in [6.45, 7) is 3.91. The van der Waals surface area contributed by atoms with Gasteiger partial charge in [0.2, 0.25) is 0 Å². The molecule has 0 amide bonds. The number of nitrogens with zero attached hydrogens (tertiary/aromatic N) is 1. The highest BCUT2D eigenvalue weighted by Gasteiger charge is 2.22. The Morgan fingerprint density at radius 3 is 2.95 bits per heavy atom. The number of fused-ring (bicyclic) bond motifs is 1. The minimum absolute atomic E-state index is 0.0780. The van der Waals surface area contributed by atoms with Gasteiger partial charge in [0, 0.05) is 17.6 Å². The molecule has 2 aromatic rings. The van der Waals surface area contributed by atoms with Crippen LogP contribution >= 0.6 is 0 Å². The minimum Gasteiger partial charge on any atom is -0.393 e. The summed E-state index contributed by atoms with van der Waals surface area (Å²) < 4.78 is 0. The number of benzene rings is 1. The molecule has 1 aromatic heterocycles. The number of hydrogen-bond acceptors (Lipinski definition) is 3. The number of aliphatic hydroxyl groups excluding tert-OH is 1. The van der Waals surface area contributed by atoms with E-state index in [4.69, 9.17) is 0 Å². The molecule has 1 aliphatic rings. The molecule has 2 unspecified atom stereocenters. The van der Waals surface area contributed by atoms with E-state index in [9.17, 15) is 5.11 Å². The van der Waals surface area contributed by atoms with Crippen molar-refractivity contribution in [2.24, 2.45) is 5.92 Å². The van der Waals surface area contributed by atoms with Crippen LogP contribution in [0.5, 0.6) is 0 Å². The molecule has 2 atom stereocenters. The van der Waals surface area contributed by atoms with Crippen molar-refractivity contribution < 1.29 is 5.11 Å². The summed E-state index contributed by atoms with van der Waals surface area (Å²) >= 11 is 0. The van der Waals surface area contributed by atoms with Crippen LogP contribution in [-0.4, -0.2) is 22.7 Å². The molecule has 0 radical (unpaired) electrons. The van der Waals surface area contributed by atoms with Crippen LogP contribution in [-0.2, 0) is 6.54 Å². The molecule has 20 heavy (non-hydrogen) atoms. The Morgan fingerprint density at radius 2 is 2.15 bits per heavy atom. The largest absolute Gasteiger partial charge is 0.393 e. The summed E-state index contributed by atoms with van der Waals surface area (Å²) in [6, 6.07) is 10.5. The van der Waals surface area contributed by atoms with Gasteiger partial charge in [0.25, 0.3) is 0 Å². The maximum atomic E-state index is 9.56. The number of aryl methyl sites for hydroxylation is 1. The lowest BCUT2D eigenvalue weighted by Crippen LogP contribution is -2.21. The monoisotopic (exact) mass is 270 g/mol. The lowest BCUT2D eigenvalue weighted by Gasteiger charge is -2.12. The third-order valence-electron chi connectivity index (χ3n) is 4.19. The van der Waals surface area contributed by atoms with Gasteiger partial charge < -0.3 is 10.4 Å². The third-order valence-corrected chi connectivity index (χ3v) is 4.19. The van der Waals surface area contributed by atoms with Crippen LogP contribution in [0.2, 0.25) is 0 Å². The van der Waals surface area contributed by atoms with Gasteiger partial charge in [-0.25, -0.2) is 0 Å². The summed E-state index contributed by atoms with van der Waals surface area (Å²) in [6.07, 6.45) is 2.97. The van der Waals surface area contributed by atoms with E-state index in [1.165, 1.54) is 10.9 Å². The van der Waals surface area contributed by atoms with Crippen molar-refractivity contribution in [3.8, 4) is 0 Å². The Kier molecular flexibility index (Phi) is 3.99. The van der Waals surface area contributed by atoms with Crippen LogP contribution in [0.1, 0.15) is 30.5 Å². The predicted octanol–water partition coefficient (Wildman–Crippen LogP) is 2.79. The zero-order valence-electron chi connectivity index (χ0n) is 12.0. The lowest BCUT2D eigenvalue weighted by atomic mass is 10.1. The van der Waals surface area contributed by atoms with Gasteiger partial charge >= 0.3 is 0 Å². The zero-order valence-corrected chi connectivity index (χ0v) is 12.0. The molecule has 2 N–H and O–H groups in total. The number of para-hydroxylation sites is 1. The molecular formula is C17H22N2O. The Bertz CT molecular complexity index is 597. The average molecular weight is 270 g/mol. The molecule has 106 valence electrons. The van der Waals surface area contributed by atoms with E-state index in [2.05, 4.69) is 34.6 Å². The number of rotatable bonds is 4. The molecule has 3 nitrogen and oxygen atoms in total. The molecule has 3 heteroatoms. The second-order valence-corrected chi connectivity index (χ2v) is 5.90. The van der Waals surface area contributed by atoms with Crippen LogP contribution in [0.4, 0.5) is 0 Å². The molecule has 0 bridgehead atoms. The fourth-order valence-corrected chi connectivity index (χ4v) is 3.19. The van der Waals surface area contributed by atoms with Gasteiger partial charge in [0.15, 0.2) is 0 Å². The molecule has 0 aliphatic heterocycles. The van der Waals surface area contributed by atoms with Gasteiger partial charge in [-0.3, -0.25) is 4.98 Å². The number of aliphatic hydroxyl groups is 1. The van der Waals surface area contributed by atoms with Crippen LogP contribution in [0, 0.1) is 12.8 Å². The normalized spacial score (nSPS) is 22.5. The van der Waals surface area contributed by atoms with Crippen molar-refractivity contribution in [3.05, 3.63) is 41.6 Å². The summed E-state index contributed by atoms with van der Waals surface area (Å²) in [5, 5.41) is 14.3. The fourth-order valence-electron chi connectivity index (χ4n) is 3.19. The van der Waals surface area contributed by atoms with Gasteiger partial charge in [-0.15, -0.1) is 0 Å². The maximum absolute atomic E-state index is 9.56. The quantitative estimate of drug-likeness (QED) is 0.898. The molecule has 0 spiro atoms. The first-order chi connectivity index (χ1) is 9.72. The van der Waals surface area contributed by atoms with Gasteiger partial charge in [0.1, 0.15) is 0 Å². The van der Waals surface area contributed by atoms with Crippen molar-refractivity contribution >= 4 is 10.9 Å². The van der Waals surface area contributed by atoms with Crippen molar-refractivity contribution in [2.75, 3.05) is 6.54 Å². The topological polar surface area (TPSA) is 45.1 Å². The standard InChI is InChI=1S/C17H22N2O/c1-12-8-14(16-4-2-3-5-17(16)19-12)11-18-10-13-6-7-15(20)9-13/h2-5,8,13,15,18,20H,6-7,9-11H2,1H3. The van der Waals surface area contributed by atoms with Crippen molar-refractivity contribution in [1.82, 2.24) is 10.3 Å². The van der Waals surface area contributed by atoms with Crippen molar-refractivity contribution in [3.63, 3.8) is 0 Å². The number of aromatic nitrogens is 1. The molecule has 1 saturated carbocycles. The SMILES string of the molecule is Cc1cc(CNCC2CCC(O)C2)c2ccccc2n1. The highest BCUT2D eigenvalue weighted by Crippen LogP contribution is 2.25. The molecule has 1 heterocycles. The summed E-state index contributed by atoms with van der Waals surface area (Å²) in [5.74, 6) is 0.624. The molecular weight excluding hydrogens is 248 g/mol. The summed E-state index contributed by atoms with van der Waals surface area (Å²) in [4.78, 5) is 4.57. The molecule has 1 aliphatic carbocycles. The summed E-state index contributed by atoms with van der Waals surface area (Å²) in [5.41, 5.74) is 3.45. The van der Waals surface area contributed by atoms with E-state index in [1.54, 1.807) is 0 Å². The third kappa shape index (κ3) is 3.00. The van der Waals surface area contributed by atoms with Gasteiger partial charge in [-0.1, -0.05) is 18.2 Å².